The van der Waals surface area contributed by atoms with Crippen molar-refractivity contribution in [3.8, 4) is 5.75 Å². The van der Waals surface area contributed by atoms with Gasteiger partial charge in [-0.25, -0.2) is 4.99 Å². The predicted molar refractivity (Wildman–Crippen MR) is 117 cm³/mol. The molecule has 0 spiro atoms. The first-order chi connectivity index (χ1) is 14.6. The van der Waals surface area contributed by atoms with E-state index in [9.17, 15) is 4.79 Å². The minimum atomic E-state index is -0.590. The van der Waals surface area contributed by atoms with Gasteiger partial charge in [-0.15, -0.1) is 0 Å². The van der Waals surface area contributed by atoms with Crippen molar-refractivity contribution in [1.29, 1.82) is 0 Å². The summed E-state index contributed by atoms with van der Waals surface area (Å²) in [6.45, 7) is 0.400. The molecular formula is C24H23N3O3. The van der Waals surface area contributed by atoms with Gasteiger partial charge in [-0.2, -0.15) is 0 Å². The molecule has 3 aromatic carbocycles. The first-order valence-corrected chi connectivity index (χ1v) is 9.64. The van der Waals surface area contributed by atoms with Crippen molar-refractivity contribution in [2.24, 2.45) is 4.99 Å². The van der Waals surface area contributed by atoms with E-state index < -0.39 is 5.54 Å². The lowest BCUT2D eigenvalue weighted by Crippen LogP contribution is -2.42. The molecule has 1 unspecified atom stereocenters. The molecule has 0 bridgehead atoms. The second-order valence-electron chi connectivity index (χ2n) is 6.98. The fourth-order valence-corrected chi connectivity index (χ4v) is 3.58. The molecule has 1 heterocycles. The van der Waals surface area contributed by atoms with Crippen molar-refractivity contribution in [2.45, 2.75) is 5.54 Å². The van der Waals surface area contributed by atoms with Crippen LogP contribution in [0, 0.1) is 0 Å². The number of hydrogen-bond acceptors (Lipinski definition) is 4. The molecule has 30 heavy (non-hydrogen) atoms. The van der Waals surface area contributed by atoms with E-state index in [2.05, 4.69) is 27.8 Å². The predicted octanol–water partition coefficient (Wildman–Crippen LogP) is 3.80. The maximum atomic E-state index is 12.7. The third kappa shape index (κ3) is 3.72. The number of carbonyl (C=O) groups is 1. The normalized spacial score (nSPS) is 19.1. The number of ether oxygens (including phenoxy) is 2. The molecule has 1 fully saturated rings. The number of nitrogens with zero attached hydrogens (tertiary/aromatic N) is 1. The lowest BCUT2D eigenvalue weighted by Gasteiger charge is -2.28. The first kappa shape index (κ1) is 19.5. The summed E-state index contributed by atoms with van der Waals surface area (Å²) in [6, 6.07) is 25.4. The third-order valence-corrected chi connectivity index (χ3v) is 5.16. The summed E-state index contributed by atoms with van der Waals surface area (Å²) in [4.78, 5) is 16.9. The lowest BCUT2D eigenvalue weighted by atomic mass is 9.84. The van der Waals surface area contributed by atoms with E-state index in [0.717, 1.165) is 11.1 Å². The molecule has 1 amide bonds. The Balaban J connectivity index is 1.66. The molecule has 1 atom stereocenters. The van der Waals surface area contributed by atoms with Crippen LogP contribution < -0.4 is 15.4 Å². The molecule has 1 saturated heterocycles. The number of hydrogen-bond donors (Lipinski definition) is 2. The minimum absolute atomic E-state index is 0.203. The van der Waals surface area contributed by atoms with E-state index in [-0.39, 0.29) is 5.91 Å². The van der Waals surface area contributed by atoms with Crippen LogP contribution in [0.3, 0.4) is 0 Å². The lowest BCUT2D eigenvalue weighted by molar-refractivity contribution is 0.102. The maximum Gasteiger partial charge on any atom is 0.285 e. The molecule has 4 rings (SSSR count). The van der Waals surface area contributed by atoms with Crippen LogP contribution >= 0.6 is 0 Å². The molecule has 6 nitrogen and oxygen atoms in total. The molecule has 0 aliphatic carbocycles. The average Bonchev–Trinajstić information content (AvgIpc) is 3.26. The van der Waals surface area contributed by atoms with Crippen molar-refractivity contribution in [1.82, 2.24) is 5.32 Å². The number of amides is 1. The SMILES string of the molecule is CN=C1NC(c2ccccc2)(c2cccc(NC(=O)c3cccc(OC)c3)c2)CO1. The van der Waals surface area contributed by atoms with E-state index in [1.165, 1.54) is 0 Å². The Hall–Kier alpha value is -3.80. The fourth-order valence-electron chi connectivity index (χ4n) is 3.58. The van der Waals surface area contributed by atoms with Gasteiger partial charge in [-0.3, -0.25) is 4.79 Å². The Morgan fingerprint density at radius 1 is 1.03 bits per heavy atom. The van der Waals surface area contributed by atoms with E-state index >= 15 is 0 Å². The number of benzene rings is 3. The van der Waals surface area contributed by atoms with Crippen LogP contribution in [0.2, 0.25) is 0 Å². The molecule has 1 aliphatic rings. The van der Waals surface area contributed by atoms with Crippen LogP contribution in [0.4, 0.5) is 5.69 Å². The molecule has 0 aromatic heterocycles. The van der Waals surface area contributed by atoms with Crippen LogP contribution in [0.15, 0.2) is 83.9 Å². The molecule has 3 aromatic rings. The Kier molecular flexibility index (Phi) is 5.39. The largest absolute Gasteiger partial charge is 0.497 e. The zero-order valence-electron chi connectivity index (χ0n) is 16.9. The second kappa shape index (κ2) is 8.29. The van der Waals surface area contributed by atoms with Gasteiger partial charge in [0.1, 0.15) is 17.9 Å². The second-order valence-corrected chi connectivity index (χ2v) is 6.98. The highest BCUT2D eigenvalue weighted by molar-refractivity contribution is 6.04. The Bertz CT molecular complexity index is 1080. The molecule has 6 heteroatoms. The number of methoxy groups -OCH3 is 1. The third-order valence-electron chi connectivity index (χ3n) is 5.16. The summed E-state index contributed by atoms with van der Waals surface area (Å²) in [5.41, 5.74) is 2.66. The highest BCUT2D eigenvalue weighted by Crippen LogP contribution is 2.34. The van der Waals surface area contributed by atoms with Gasteiger partial charge < -0.3 is 20.1 Å². The number of nitrogens with one attached hydrogen (secondary N) is 2. The monoisotopic (exact) mass is 401 g/mol. The smallest absolute Gasteiger partial charge is 0.285 e. The quantitative estimate of drug-likeness (QED) is 0.682. The highest BCUT2D eigenvalue weighted by Gasteiger charge is 2.41. The number of amidine groups is 1. The summed E-state index contributed by atoms with van der Waals surface area (Å²) >= 11 is 0. The van der Waals surface area contributed by atoms with Gasteiger partial charge in [0.15, 0.2) is 0 Å². The van der Waals surface area contributed by atoms with E-state index in [0.29, 0.717) is 29.6 Å². The number of anilines is 1. The van der Waals surface area contributed by atoms with E-state index in [1.807, 2.05) is 42.5 Å². The van der Waals surface area contributed by atoms with Gasteiger partial charge in [0.05, 0.1) is 7.11 Å². The van der Waals surface area contributed by atoms with Gasteiger partial charge in [-0.05, 0) is 41.5 Å². The van der Waals surface area contributed by atoms with Gasteiger partial charge in [-0.1, -0.05) is 48.5 Å². The summed E-state index contributed by atoms with van der Waals surface area (Å²) in [5.74, 6) is 0.435. The number of rotatable bonds is 5. The van der Waals surface area contributed by atoms with Crippen molar-refractivity contribution < 1.29 is 14.3 Å². The Morgan fingerprint density at radius 3 is 2.53 bits per heavy atom. The van der Waals surface area contributed by atoms with Crippen LogP contribution in [0.1, 0.15) is 21.5 Å². The van der Waals surface area contributed by atoms with Crippen LogP contribution in [-0.4, -0.2) is 32.7 Å². The first-order valence-electron chi connectivity index (χ1n) is 9.64. The van der Waals surface area contributed by atoms with Gasteiger partial charge in [0.25, 0.3) is 11.9 Å². The minimum Gasteiger partial charge on any atom is -0.497 e. The number of aliphatic imine (C=N–C) groups is 1. The fraction of sp³-hybridized carbons (Fsp3) is 0.167. The van der Waals surface area contributed by atoms with Gasteiger partial charge >= 0.3 is 0 Å². The van der Waals surface area contributed by atoms with Crippen molar-refractivity contribution in [2.75, 3.05) is 26.1 Å². The average molecular weight is 401 g/mol. The molecule has 0 saturated carbocycles. The molecular weight excluding hydrogens is 378 g/mol. The van der Waals surface area contributed by atoms with Crippen LogP contribution in [0.25, 0.3) is 0 Å². The van der Waals surface area contributed by atoms with E-state index in [4.69, 9.17) is 9.47 Å². The van der Waals surface area contributed by atoms with Crippen LogP contribution in [-0.2, 0) is 10.3 Å². The summed E-state index contributed by atoms with van der Waals surface area (Å²) in [5, 5.41) is 6.39. The van der Waals surface area contributed by atoms with Crippen molar-refractivity contribution in [3.63, 3.8) is 0 Å². The summed E-state index contributed by atoms with van der Waals surface area (Å²) in [6.07, 6.45) is 0. The maximum absolute atomic E-state index is 12.7. The van der Waals surface area contributed by atoms with Gasteiger partial charge in [0, 0.05) is 18.3 Å². The Morgan fingerprint density at radius 2 is 1.80 bits per heavy atom. The van der Waals surface area contributed by atoms with E-state index in [1.54, 1.807) is 38.4 Å². The topological polar surface area (TPSA) is 72.0 Å². The summed E-state index contributed by atoms with van der Waals surface area (Å²) < 4.78 is 11.0. The molecule has 2 N–H and O–H groups in total. The molecule has 152 valence electrons. The Labute approximate surface area is 175 Å². The van der Waals surface area contributed by atoms with Crippen molar-refractivity contribution in [3.05, 3.63) is 95.6 Å². The number of carbonyl (C=O) groups excluding carboxylic acids is 1. The molecule has 1 aliphatic heterocycles. The molecule has 0 radical (unpaired) electrons. The zero-order chi connectivity index (χ0) is 21.0. The standard InChI is InChI=1S/C24H23N3O3/c1-25-23-27-24(16-30-23,18-9-4-3-5-10-18)19-11-7-12-20(15-19)26-22(28)17-8-6-13-21(14-17)29-2/h3-15H,16H2,1-2H3,(H,25,27)(H,26,28). The zero-order valence-corrected chi connectivity index (χ0v) is 16.9. The summed E-state index contributed by atoms with van der Waals surface area (Å²) in [7, 11) is 3.27. The van der Waals surface area contributed by atoms with Crippen LogP contribution in [0.5, 0.6) is 5.75 Å². The highest BCUT2D eigenvalue weighted by atomic mass is 16.5. The van der Waals surface area contributed by atoms with Crippen molar-refractivity contribution >= 4 is 17.6 Å². The van der Waals surface area contributed by atoms with Gasteiger partial charge in [0.2, 0.25) is 0 Å².